The van der Waals surface area contributed by atoms with E-state index < -0.39 is 24.4 Å². The molecule has 2 aromatic rings. The molecule has 0 radical (unpaired) electrons. The first-order chi connectivity index (χ1) is 10.1. The Morgan fingerprint density at radius 1 is 1.52 bits per heavy atom. The van der Waals surface area contributed by atoms with Crippen molar-refractivity contribution in [1.29, 1.82) is 0 Å². The largest absolute Gasteiger partial charge is 0.479 e. The fourth-order valence-electron chi connectivity index (χ4n) is 2.46. The molecule has 3 heterocycles. The van der Waals surface area contributed by atoms with Gasteiger partial charge < -0.3 is 14.6 Å². The van der Waals surface area contributed by atoms with E-state index in [-0.39, 0.29) is 17.8 Å². The lowest BCUT2D eigenvalue weighted by Gasteiger charge is -2.15. The number of ether oxygens (including phenoxy) is 2. The molecule has 0 spiro atoms. The molecule has 0 aromatic carbocycles. The second kappa shape index (κ2) is 5.36. The number of hydrogen-bond acceptors (Lipinski definition) is 6. The van der Waals surface area contributed by atoms with Crippen LogP contribution in [0.15, 0.2) is 6.33 Å². The minimum absolute atomic E-state index is 0.0266. The Labute approximate surface area is 124 Å². The summed E-state index contributed by atoms with van der Waals surface area (Å²) in [5, 5.41) is 9.20. The zero-order valence-corrected chi connectivity index (χ0v) is 12.2. The van der Waals surface area contributed by atoms with Gasteiger partial charge in [0.1, 0.15) is 0 Å². The van der Waals surface area contributed by atoms with Gasteiger partial charge in [-0.25, -0.2) is 9.37 Å². The summed E-state index contributed by atoms with van der Waals surface area (Å²) in [6.07, 6.45) is -1.37. The molecule has 7 nitrogen and oxygen atoms in total. The molecular weight excluding hydrogens is 303 g/mol. The quantitative estimate of drug-likeness (QED) is 0.861. The highest BCUT2D eigenvalue weighted by Crippen LogP contribution is 2.37. The van der Waals surface area contributed by atoms with Gasteiger partial charge in [0, 0.05) is 5.92 Å². The molecular formula is C12H14ClFN4O3. The van der Waals surface area contributed by atoms with Crippen molar-refractivity contribution in [3.05, 3.63) is 11.6 Å². The van der Waals surface area contributed by atoms with Gasteiger partial charge in [-0.1, -0.05) is 6.92 Å². The Hall–Kier alpha value is -1.51. The zero-order chi connectivity index (χ0) is 15.1. The summed E-state index contributed by atoms with van der Waals surface area (Å²) in [6.45, 7) is 1.44. The van der Waals surface area contributed by atoms with Crippen LogP contribution in [0, 0.1) is 5.92 Å². The van der Waals surface area contributed by atoms with Crippen molar-refractivity contribution in [3.63, 3.8) is 0 Å². The van der Waals surface area contributed by atoms with Crippen molar-refractivity contribution < 1.29 is 19.0 Å². The summed E-state index contributed by atoms with van der Waals surface area (Å²) in [7, 11) is 1.44. The number of aliphatic hydroxyl groups is 1. The zero-order valence-electron chi connectivity index (χ0n) is 11.4. The van der Waals surface area contributed by atoms with Crippen LogP contribution in [0.5, 0.6) is 5.88 Å². The number of methoxy groups -OCH3 is 1. The molecule has 0 bridgehead atoms. The number of rotatable bonds is 3. The number of fused-ring (bicyclic) bond motifs is 1. The van der Waals surface area contributed by atoms with E-state index >= 15 is 0 Å². The maximum Gasteiger partial charge on any atom is 0.246 e. The highest BCUT2D eigenvalue weighted by atomic mass is 35.5. The van der Waals surface area contributed by atoms with Crippen LogP contribution in [0.3, 0.4) is 0 Å². The number of aliphatic hydroxyl groups excluding tert-OH is 1. The van der Waals surface area contributed by atoms with Crippen molar-refractivity contribution in [2.24, 2.45) is 5.92 Å². The van der Waals surface area contributed by atoms with Gasteiger partial charge in [0.05, 0.1) is 26.1 Å². The van der Waals surface area contributed by atoms with E-state index in [0.29, 0.717) is 11.2 Å². The first kappa shape index (κ1) is 14.4. The van der Waals surface area contributed by atoms with Gasteiger partial charge in [-0.15, -0.1) is 0 Å². The van der Waals surface area contributed by atoms with Crippen LogP contribution in [0.25, 0.3) is 11.2 Å². The molecule has 114 valence electrons. The van der Waals surface area contributed by atoms with E-state index in [2.05, 4.69) is 15.0 Å². The van der Waals surface area contributed by atoms with Gasteiger partial charge >= 0.3 is 0 Å². The molecule has 9 heteroatoms. The molecule has 2 aromatic heterocycles. The molecule has 1 saturated heterocycles. The number of aromatic nitrogens is 4. The summed E-state index contributed by atoms with van der Waals surface area (Å²) < 4.78 is 26.5. The average Bonchev–Trinajstić information content (AvgIpc) is 3.01. The van der Waals surface area contributed by atoms with Crippen molar-refractivity contribution in [2.45, 2.75) is 25.4 Å². The number of halogens is 2. The van der Waals surface area contributed by atoms with Crippen LogP contribution in [-0.2, 0) is 4.74 Å². The van der Waals surface area contributed by atoms with Crippen molar-refractivity contribution in [1.82, 2.24) is 19.5 Å². The summed E-state index contributed by atoms with van der Waals surface area (Å²) in [4.78, 5) is 12.1. The minimum atomic E-state index is -1.29. The maximum atomic E-state index is 14.4. The fourth-order valence-corrected chi connectivity index (χ4v) is 2.62. The second-order valence-corrected chi connectivity index (χ2v) is 5.22. The lowest BCUT2D eigenvalue weighted by atomic mass is 10.0. The fraction of sp³-hybridized carbons (Fsp3) is 0.583. The van der Waals surface area contributed by atoms with Crippen LogP contribution in [0.1, 0.15) is 13.2 Å². The lowest BCUT2D eigenvalue weighted by Crippen LogP contribution is -2.21. The second-order valence-electron chi connectivity index (χ2n) is 4.88. The van der Waals surface area contributed by atoms with Crippen LogP contribution >= 0.6 is 11.6 Å². The van der Waals surface area contributed by atoms with Gasteiger partial charge in [-0.2, -0.15) is 9.97 Å². The minimum Gasteiger partial charge on any atom is -0.479 e. The Morgan fingerprint density at radius 3 is 2.90 bits per heavy atom. The first-order valence-corrected chi connectivity index (χ1v) is 6.79. The van der Waals surface area contributed by atoms with Crippen molar-refractivity contribution >= 4 is 22.8 Å². The summed E-state index contributed by atoms with van der Waals surface area (Å²) >= 11 is 5.84. The van der Waals surface area contributed by atoms with Crippen LogP contribution in [0.4, 0.5) is 4.39 Å². The summed E-state index contributed by atoms with van der Waals surface area (Å²) in [6, 6.07) is 0. The molecule has 1 fully saturated rings. The lowest BCUT2D eigenvalue weighted by molar-refractivity contribution is -0.0378. The summed E-state index contributed by atoms with van der Waals surface area (Å²) in [5.41, 5.74) is 0.697. The molecule has 1 N–H and O–H groups in total. The molecule has 3 rings (SSSR count). The number of nitrogens with zero attached hydrogens (tertiary/aromatic N) is 4. The van der Waals surface area contributed by atoms with Crippen LogP contribution in [0.2, 0.25) is 5.28 Å². The molecule has 1 aliphatic rings. The van der Waals surface area contributed by atoms with Gasteiger partial charge in [0.15, 0.2) is 23.6 Å². The predicted octanol–water partition coefficient (Wildman–Crippen LogP) is 1.35. The molecule has 4 atom stereocenters. The first-order valence-electron chi connectivity index (χ1n) is 6.41. The van der Waals surface area contributed by atoms with Crippen molar-refractivity contribution in [3.8, 4) is 5.88 Å². The van der Waals surface area contributed by atoms with Gasteiger partial charge in [0.25, 0.3) is 0 Å². The van der Waals surface area contributed by atoms with Gasteiger partial charge in [-0.05, 0) is 11.6 Å². The highest BCUT2D eigenvalue weighted by Gasteiger charge is 2.43. The average molecular weight is 317 g/mol. The van der Waals surface area contributed by atoms with E-state index in [9.17, 15) is 9.50 Å². The predicted molar refractivity (Wildman–Crippen MR) is 71.9 cm³/mol. The number of imidazole rings is 1. The number of hydrogen-bond donors (Lipinski definition) is 1. The monoisotopic (exact) mass is 316 g/mol. The van der Waals surface area contributed by atoms with E-state index in [0.717, 1.165) is 0 Å². The third kappa shape index (κ3) is 2.23. The molecule has 0 amide bonds. The Balaban J connectivity index is 2.07. The number of alkyl halides is 1. The van der Waals surface area contributed by atoms with Gasteiger partial charge in [-0.3, -0.25) is 4.57 Å². The molecule has 0 unspecified atom stereocenters. The Bertz CT molecular complexity index is 667. The summed E-state index contributed by atoms with van der Waals surface area (Å²) in [5.74, 6) is -0.222. The molecule has 0 aliphatic carbocycles. The smallest absolute Gasteiger partial charge is 0.246 e. The van der Waals surface area contributed by atoms with Crippen LogP contribution < -0.4 is 4.74 Å². The molecule has 0 saturated carbocycles. The van der Waals surface area contributed by atoms with E-state index in [4.69, 9.17) is 21.1 Å². The Kier molecular flexibility index (Phi) is 3.68. The topological polar surface area (TPSA) is 82.3 Å². The molecule has 1 aliphatic heterocycles. The Morgan fingerprint density at radius 2 is 2.29 bits per heavy atom. The van der Waals surface area contributed by atoms with E-state index in [1.165, 1.54) is 18.0 Å². The molecule has 21 heavy (non-hydrogen) atoms. The van der Waals surface area contributed by atoms with E-state index in [1.807, 2.05) is 0 Å². The third-order valence-corrected chi connectivity index (χ3v) is 3.85. The highest BCUT2D eigenvalue weighted by molar-refractivity contribution is 6.28. The van der Waals surface area contributed by atoms with Gasteiger partial charge in [0.2, 0.25) is 11.2 Å². The standard InChI is InChI=1S/C12H14ClFN4O3/c1-5-6(3-19)21-11(7(5)14)18-4-15-8-9(18)16-12(13)17-10(8)20-2/h4-7,11,19H,3H2,1-2H3/t5-,6-,7+,11-/m1/s1. The normalized spacial score (nSPS) is 29.2. The maximum absolute atomic E-state index is 14.4. The van der Waals surface area contributed by atoms with Crippen LogP contribution in [-0.4, -0.2) is 50.6 Å². The third-order valence-electron chi connectivity index (χ3n) is 3.68. The van der Waals surface area contributed by atoms with Crippen molar-refractivity contribution in [2.75, 3.05) is 13.7 Å². The SMILES string of the molecule is COc1nc(Cl)nc2c1ncn2[C@@H]1O[C@H](CO)[C@@H](C)[C@@H]1F. The van der Waals surface area contributed by atoms with E-state index in [1.54, 1.807) is 6.92 Å².